The molecule has 21 heavy (non-hydrogen) atoms. The van der Waals surface area contributed by atoms with Gasteiger partial charge in [0.15, 0.2) is 9.84 Å². The molecular formula is C15H16BrNO3S. The maximum absolute atomic E-state index is 12.3. The largest absolute Gasteiger partial charge is 0.314 e. The van der Waals surface area contributed by atoms with Crippen LogP contribution in [0.25, 0.3) is 0 Å². The highest BCUT2D eigenvalue weighted by molar-refractivity contribution is 9.11. The van der Waals surface area contributed by atoms with Crippen LogP contribution in [0.2, 0.25) is 0 Å². The quantitative estimate of drug-likeness (QED) is 0.627. The Balaban J connectivity index is 2.02. The topological polar surface area (TPSA) is 57.6 Å². The summed E-state index contributed by atoms with van der Waals surface area (Å²) in [7, 11) is -3.51. The first kappa shape index (κ1) is 16.2. The van der Waals surface area contributed by atoms with E-state index in [2.05, 4.69) is 15.9 Å². The Bertz CT molecular complexity index is 662. The number of hydrogen-bond acceptors (Lipinski definition) is 4. The van der Waals surface area contributed by atoms with Crippen LogP contribution in [-0.4, -0.2) is 29.4 Å². The van der Waals surface area contributed by atoms with Crippen LogP contribution in [0.3, 0.4) is 0 Å². The Kier molecular flexibility index (Phi) is 5.52. The molecule has 0 bridgehead atoms. The Labute approximate surface area is 133 Å². The van der Waals surface area contributed by atoms with Gasteiger partial charge in [0.25, 0.3) is 0 Å². The fourth-order valence-electron chi connectivity index (χ4n) is 1.88. The molecule has 0 radical (unpaired) electrons. The predicted molar refractivity (Wildman–Crippen MR) is 85.0 cm³/mol. The molecule has 2 aromatic carbocycles. The normalized spacial score (nSPS) is 13.3. The monoisotopic (exact) mass is 369 g/mol. The molecule has 0 unspecified atom stereocenters. The number of sulfone groups is 1. The van der Waals surface area contributed by atoms with Gasteiger partial charge in [-0.05, 0) is 17.7 Å². The molecule has 0 saturated heterocycles. The van der Waals surface area contributed by atoms with Crippen molar-refractivity contribution in [3.8, 4) is 0 Å². The van der Waals surface area contributed by atoms with Crippen LogP contribution >= 0.6 is 15.9 Å². The van der Waals surface area contributed by atoms with E-state index in [1.165, 1.54) is 0 Å². The fourth-order valence-corrected chi connectivity index (χ4v) is 4.06. The molecule has 0 aliphatic carbocycles. The van der Waals surface area contributed by atoms with Gasteiger partial charge in [0.2, 0.25) is 0 Å². The van der Waals surface area contributed by atoms with Crippen molar-refractivity contribution in [3.05, 3.63) is 66.2 Å². The van der Waals surface area contributed by atoms with Crippen molar-refractivity contribution in [2.45, 2.75) is 15.6 Å². The highest BCUT2D eigenvalue weighted by atomic mass is 79.9. The van der Waals surface area contributed by atoms with Gasteiger partial charge in [-0.3, -0.25) is 0 Å². The van der Waals surface area contributed by atoms with Gasteiger partial charge >= 0.3 is 0 Å². The SMILES string of the molecule is O=S(=O)(c1ccccc1)[C@@H](Br)CN(O)Cc1ccccc1. The van der Waals surface area contributed by atoms with Crippen LogP contribution in [0.1, 0.15) is 5.56 Å². The summed E-state index contributed by atoms with van der Waals surface area (Å²) in [5.74, 6) is 0. The minimum Gasteiger partial charge on any atom is -0.314 e. The summed E-state index contributed by atoms with van der Waals surface area (Å²) in [4.78, 5) is 0.236. The van der Waals surface area contributed by atoms with Crippen molar-refractivity contribution < 1.29 is 13.6 Å². The number of benzene rings is 2. The molecule has 2 aromatic rings. The third-order valence-corrected chi connectivity index (χ3v) is 6.49. The summed E-state index contributed by atoms with van der Waals surface area (Å²) >= 11 is 3.16. The van der Waals surface area contributed by atoms with E-state index in [1.807, 2.05) is 30.3 Å². The molecule has 6 heteroatoms. The van der Waals surface area contributed by atoms with E-state index < -0.39 is 14.0 Å². The van der Waals surface area contributed by atoms with E-state index in [0.717, 1.165) is 10.6 Å². The van der Waals surface area contributed by atoms with Crippen LogP contribution in [0.5, 0.6) is 0 Å². The van der Waals surface area contributed by atoms with Gasteiger partial charge in [0.05, 0.1) is 11.4 Å². The number of alkyl halides is 1. The van der Waals surface area contributed by atoms with Crippen molar-refractivity contribution in [1.82, 2.24) is 5.06 Å². The summed E-state index contributed by atoms with van der Waals surface area (Å²) in [5.41, 5.74) is 0.914. The van der Waals surface area contributed by atoms with E-state index in [0.29, 0.717) is 0 Å². The van der Waals surface area contributed by atoms with Crippen molar-refractivity contribution >= 4 is 25.8 Å². The molecule has 0 heterocycles. The number of hydroxylamine groups is 2. The van der Waals surface area contributed by atoms with Crippen LogP contribution in [0, 0.1) is 0 Å². The molecule has 0 fully saturated rings. The average Bonchev–Trinajstić information content (AvgIpc) is 2.49. The number of nitrogens with zero attached hydrogens (tertiary/aromatic N) is 1. The summed E-state index contributed by atoms with van der Waals surface area (Å²) < 4.78 is 23.8. The first-order chi connectivity index (χ1) is 10.00. The predicted octanol–water partition coefficient (Wildman–Crippen LogP) is 3.07. The number of hydrogen-bond donors (Lipinski definition) is 1. The van der Waals surface area contributed by atoms with Gasteiger partial charge in [-0.15, -0.1) is 0 Å². The van der Waals surface area contributed by atoms with Gasteiger partial charge in [0.1, 0.15) is 4.16 Å². The van der Waals surface area contributed by atoms with E-state index in [-0.39, 0.29) is 18.0 Å². The lowest BCUT2D eigenvalue weighted by Gasteiger charge is -2.19. The lowest BCUT2D eigenvalue weighted by molar-refractivity contribution is -0.0951. The lowest BCUT2D eigenvalue weighted by atomic mass is 10.2. The van der Waals surface area contributed by atoms with Gasteiger partial charge in [-0.25, -0.2) is 8.42 Å². The molecular weight excluding hydrogens is 354 g/mol. The maximum atomic E-state index is 12.3. The second-order valence-electron chi connectivity index (χ2n) is 4.60. The van der Waals surface area contributed by atoms with E-state index in [1.54, 1.807) is 30.3 Å². The lowest BCUT2D eigenvalue weighted by Crippen LogP contribution is -2.31. The van der Waals surface area contributed by atoms with Gasteiger partial charge in [0, 0.05) is 6.54 Å². The van der Waals surface area contributed by atoms with Crippen molar-refractivity contribution in [3.63, 3.8) is 0 Å². The molecule has 0 aliphatic rings. The molecule has 2 rings (SSSR count). The van der Waals surface area contributed by atoms with E-state index in [4.69, 9.17) is 0 Å². The highest BCUT2D eigenvalue weighted by Gasteiger charge is 2.26. The Morgan fingerprint density at radius 1 is 1.00 bits per heavy atom. The number of rotatable bonds is 6. The smallest absolute Gasteiger partial charge is 0.192 e. The Hall–Kier alpha value is -1.21. The molecule has 0 saturated carbocycles. The molecule has 0 amide bonds. The van der Waals surface area contributed by atoms with Crippen LogP contribution < -0.4 is 0 Å². The maximum Gasteiger partial charge on any atom is 0.192 e. The first-order valence-corrected chi connectivity index (χ1v) is 8.87. The fraction of sp³-hybridized carbons (Fsp3) is 0.200. The van der Waals surface area contributed by atoms with Crippen molar-refractivity contribution in [1.29, 1.82) is 0 Å². The van der Waals surface area contributed by atoms with E-state index in [9.17, 15) is 13.6 Å². The molecule has 0 aromatic heterocycles. The van der Waals surface area contributed by atoms with Crippen LogP contribution in [0.4, 0.5) is 0 Å². The summed E-state index contributed by atoms with van der Waals surface area (Å²) in [6.07, 6.45) is 0. The zero-order valence-corrected chi connectivity index (χ0v) is 13.7. The molecule has 1 N–H and O–H groups in total. The minimum atomic E-state index is -3.51. The van der Waals surface area contributed by atoms with Gasteiger partial charge < -0.3 is 5.21 Å². The zero-order chi connectivity index (χ0) is 15.3. The second kappa shape index (κ2) is 7.17. The zero-order valence-electron chi connectivity index (χ0n) is 11.3. The summed E-state index contributed by atoms with van der Waals surface area (Å²) in [6.45, 7) is 0.249. The van der Waals surface area contributed by atoms with Gasteiger partial charge in [-0.2, -0.15) is 5.06 Å². The Morgan fingerprint density at radius 3 is 2.10 bits per heavy atom. The summed E-state index contributed by atoms with van der Waals surface area (Å²) in [5, 5.41) is 10.9. The minimum absolute atomic E-state index is 0.0217. The van der Waals surface area contributed by atoms with Gasteiger partial charge in [-0.1, -0.05) is 64.5 Å². The molecule has 112 valence electrons. The third kappa shape index (κ3) is 4.38. The van der Waals surface area contributed by atoms with E-state index >= 15 is 0 Å². The molecule has 0 spiro atoms. The molecule has 0 aliphatic heterocycles. The van der Waals surface area contributed by atoms with Crippen LogP contribution in [-0.2, 0) is 16.4 Å². The number of halogens is 1. The highest BCUT2D eigenvalue weighted by Crippen LogP contribution is 2.21. The standard InChI is InChI=1S/C15H16BrNO3S/c16-15(21(19,20)14-9-5-2-6-10-14)12-17(18)11-13-7-3-1-4-8-13/h1-10,15,18H,11-12H2/t15-/m1/s1. The van der Waals surface area contributed by atoms with Crippen molar-refractivity contribution in [2.75, 3.05) is 6.54 Å². The second-order valence-corrected chi connectivity index (χ2v) is 8.44. The van der Waals surface area contributed by atoms with Crippen molar-refractivity contribution in [2.24, 2.45) is 0 Å². The first-order valence-electron chi connectivity index (χ1n) is 6.41. The molecule has 1 atom stereocenters. The molecule has 4 nitrogen and oxygen atoms in total. The summed E-state index contributed by atoms with van der Waals surface area (Å²) in [6, 6.07) is 17.6. The average molecular weight is 370 g/mol. The Morgan fingerprint density at radius 2 is 1.52 bits per heavy atom. The third-order valence-electron chi connectivity index (χ3n) is 2.97. The van der Waals surface area contributed by atoms with Crippen LogP contribution in [0.15, 0.2) is 65.6 Å².